The zero-order valence-electron chi connectivity index (χ0n) is 39.9. The van der Waals surface area contributed by atoms with Crippen LogP contribution in [0.2, 0.25) is 0 Å². The molecule has 2 nitrogen and oxygen atoms in total. The highest BCUT2D eigenvalue weighted by Crippen LogP contribution is 2.38. The smallest absolute Gasteiger partial charge is 0.153 e. The second-order valence-electron chi connectivity index (χ2n) is 19.6. The molecule has 0 radical (unpaired) electrons. The molecule has 11 aromatic carbocycles. The van der Waals surface area contributed by atoms with Crippen molar-refractivity contribution in [2.45, 2.75) is 12.1 Å². The molecule has 0 saturated heterocycles. The summed E-state index contributed by atoms with van der Waals surface area (Å²) in [5.74, 6) is 0. The molecule has 1 aliphatic rings. The van der Waals surface area contributed by atoms with Gasteiger partial charge in [-0.2, -0.15) is 0 Å². The molecule has 2 aromatic heterocycles. The summed E-state index contributed by atoms with van der Waals surface area (Å²) in [4.78, 5) is 0. The maximum absolute atomic E-state index is 3.09. The highest BCUT2D eigenvalue weighted by molar-refractivity contribution is 7.20. The minimum absolute atomic E-state index is 0.910. The lowest BCUT2D eigenvalue weighted by Gasteiger charge is -2.45. The molecule has 340 valence electrons. The van der Waals surface area contributed by atoms with Gasteiger partial charge in [0.25, 0.3) is 0 Å². The summed E-state index contributed by atoms with van der Waals surface area (Å²) in [6, 6.07) is 108. The lowest BCUT2D eigenvalue weighted by Crippen LogP contribution is -2.81. The summed E-state index contributed by atoms with van der Waals surface area (Å²) in [6.45, 7) is 0. The maximum atomic E-state index is 2.69. The number of nitrogens with zero attached hydrogens (tertiary/aromatic N) is 2. The molecule has 1 aliphatic heterocycles. The van der Waals surface area contributed by atoms with E-state index >= 15 is 0 Å². The monoisotopic (exact) mass is 950 g/mol. The van der Waals surface area contributed by atoms with Crippen molar-refractivity contribution in [3.05, 3.63) is 290 Å². The van der Waals surface area contributed by atoms with E-state index in [0.717, 1.165) is 17.8 Å². The molecule has 2 unspecified atom stereocenters. The highest BCUT2D eigenvalue weighted by Gasteiger charge is 2.51. The van der Waals surface area contributed by atoms with Gasteiger partial charge in [-0.3, -0.25) is 0 Å². The van der Waals surface area contributed by atoms with Crippen LogP contribution in [0.25, 0.3) is 66.1 Å². The summed E-state index contributed by atoms with van der Waals surface area (Å²) in [5.41, 5.74) is 12.6. The number of para-hydroxylation sites is 3. The van der Waals surface area contributed by atoms with Crippen molar-refractivity contribution >= 4 is 90.9 Å². The predicted octanol–water partition coefficient (Wildman–Crippen LogP) is 12.4. The largest absolute Gasteiger partial charge is 0.309 e. The Bertz CT molecular complexity index is 4110. The number of benzene rings is 11. The summed E-state index contributed by atoms with van der Waals surface area (Å²) in [5, 5.41) is 13.8. The average Bonchev–Trinajstić information content (AvgIpc) is 3.97. The molecule has 0 amide bonds. The van der Waals surface area contributed by atoms with E-state index in [0.29, 0.717) is 0 Å². The van der Waals surface area contributed by atoms with Crippen molar-refractivity contribution in [3.63, 3.8) is 0 Å². The molecule has 0 fully saturated rings. The fourth-order valence-electron chi connectivity index (χ4n) is 12.9. The van der Waals surface area contributed by atoms with Crippen LogP contribution in [0.4, 0.5) is 0 Å². The summed E-state index contributed by atoms with van der Waals surface area (Å²) < 4.78 is 5.01. The normalized spacial score (nSPS) is 16.3. The Morgan fingerprint density at radius 2 is 0.611 bits per heavy atom. The van der Waals surface area contributed by atoms with Gasteiger partial charge < -0.3 is 9.13 Å². The van der Waals surface area contributed by atoms with E-state index in [9.17, 15) is 0 Å². The Kier molecular flexibility index (Phi) is 10.1. The number of fused-ring (bicyclic) bond motifs is 10. The van der Waals surface area contributed by atoms with Crippen molar-refractivity contribution in [1.29, 1.82) is 0 Å². The van der Waals surface area contributed by atoms with Crippen LogP contribution in [0, 0.1) is 0 Å². The lowest BCUT2D eigenvalue weighted by molar-refractivity contribution is 1.17. The highest BCUT2D eigenvalue weighted by atomic mass is 28.3. The summed E-state index contributed by atoms with van der Waals surface area (Å²) in [7, 11) is -6.10. The van der Waals surface area contributed by atoms with Crippen LogP contribution >= 0.6 is 0 Å². The molecule has 0 bridgehead atoms. The minimum atomic E-state index is -3.09. The van der Waals surface area contributed by atoms with E-state index in [4.69, 9.17) is 0 Å². The van der Waals surface area contributed by atoms with Gasteiger partial charge in [0, 0.05) is 32.9 Å². The number of hydrogen-bond acceptors (Lipinski definition) is 0. The van der Waals surface area contributed by atoms with Crippen LogP contribution in [-0.4, -0.2) is 25.3 Å². The lowest BCUT2D eigenvalue weighted by atomic mass is 10.1. The summed E-state index contributed by atoms with van der Waals surface area (Å²) in [6.07, 6.45) is 0. The van der Waals surface area contributed by atoms with Gasteiger partial charge in [-0.15, -0.1) is 0 Å². The van der Waals surface area contributed by atoms with Crippen LogP contribution in [-0.2, 0) is 12.1 Å². The molecule has 4 heteroatoms. The van der Waals surface area contributed by atoms with E-state index in [-0.39, 0.29) is 0 Å². The van der Waals surface area contributed by atoms with Gasteiger partial charge in [-0.25, -0.2) is 0 Å². The Morgan fingerprint density at radius 1 is 0.250 bits per heavy atom. The summed E-state index contributed by atoms with van der Waals surface area (Å²) >= 11 is 0. The number of rotatable bonds is 8. The van der Waals surface area contributed by atoms with Crippen LogP contribution in [0.3, 0.4) is 0 Å². The van der Waals surface area contributed by atoms with Gasteiger partial charge in [0.2, 0.25) is 0 Å². The fraction of sp³-hybridized carbons (Fsp3) is 0.0294. The van der Waals surface area contributed by atoms with E-state index in [1.807, 2.05) is 0 Å². The molecule has 3 heterocycles. The maximum Gasteiger partial charge on any atom is 0.153 e. The molecule has 0 saturated carbocycles. The molecule has 2 atom stereocenters. The van der Waals surface area contributed by atoms with Crippen LogP contribution < -0.4 is 31.1 Å². The average molecular weight is 951 g/mol. The molecular formula is C68H50N2Si2. The van der Waals surface area contributed by atoms with Gasteiger partial charge in [-0.05, 0) is 114 Å². The van der Waals surface area contributed by atoms with Crippen molar-refractivity contribution in [2.24, 2.45) is 0 Å². The SMILES string of the molecule is c1ccc(C[Si]2(c3ccccc3)c3ccccc3-c3ccccc3[Si](Cc3ccccc3)(c3ccccc3)c3cc(-n4c5ccccc5c5cc(-n6c7ccccc7c7ccccc76)ccc54)ccc32)cc1. The van der Waals surface area contributed by atoms with Crippen molar-refractivity contribution in [3.8, 4) is 22.5 Å². The standard InChI is InChI=1S/C68H50N2Si2/c1-5-23-49(24-6-1)47-71(53-27-9-3-10-28-53)65-39-21-16-34-58(65)59-35-17-22-40-66(59)72(54-29-11-4-12-30-54,48-50-25-7-2-8-26-50)68-46-52(42-44-67(68)71)70-63-38-20-15-33-57(63)60-45-51(41-43-64(60)70)69-61-36-18-13-31-55(61)56-32-14-19-37-62(56)69/h1-46H,47-48H2. The van der Waals surface area contributed by atoms with E-state index < -0.39 is 16.1 Å². The molecule has 13 aromatic rings. The zero-order chi connectivity index (χ0) is 47.6. The first-order valence-electron chi connectivity index (χ1n) is 25.3. The topological polar surface area (TPSA) is 9.86 Å². The van der Waals surface area contributed by atoms with E-state index in [1.54, 1.807) is 0 Å². The number of hydrogen-bond donors (Lipinski definition) is 0. The third kappa shape index (κ3) is 6.46. The molecule has 14 rings (SSSR count). The van der Waals surface area contributed by atoms with Crippen LogP contribution in [0.15, 0.2) is 279 Å². The van der Waals surface area contributed by atoms with Crippen LogP contribution in [0.5, 0.6) is 0 Å². The number of aromatic nitrogens is 2. The van der Waals surface area contributed by atoms with E-state index in [2.05, 4.69) is 288 Å². The fourth-order valence-corrected chi connectivity index (χ4v) is 24.4. The first kappa shape index (κ1) is 42.3. The third-order valence-electron chi connectivity index (χ3n) is 15.9. The van der Waals surface area contributed by atoms with Gasteiger partial charge in [0.1, 0.15) is 0 Å². The van der Waals surface area contributed by atoms with Crippen molar-refractivity contribution in [1.82, 2.24) is 9.13 Å². The third-order valence-corrected chi connectivity index (χ3v) is 26.1. The van der Waals surface area contributed by atoms with E-state index in [1.165, 1.54) is 103 Å². The first-order valence-corrected chi connectivity index (χ1v) is 29.7. The Labute approximate surface area is 422 Å². The van der Waals surface area contributed by atoms with Gasteiger partial charge in [0.05, 0.1) is 22.1 Å². The van der Waals surface area contributed by atoms with Crippen molar-refractivity contribution in [2.75, 3.05) is 0 Å². The van der Waals surface area contributed by atoms with Crippen molar-refractivity contribution < 1.29 is 0 Å². The van der Waals surface area contributed by atoms with Gasteiger partial charge in [0.15, 0.2) is 16.1 Å². The molecule has 72 heavy (non-hydrogen) atoms. The molecule has 0 spiro atoms. The minimum Gasteiger partial charge on any atom is -0.309 e. The van der Waals surface area contributed by atoms with Crippen LogP contribution in [0.1, 0.15) is 11.1 Å². The molecule has 0 N–H and O–H groups in total. The second-order valence-corrected chi connectivity index (χ2v) is 27.3. The van der Waals surface area contributed by atoms with Gasteiger partial charge in [-0.1, -0.05) is 231 Å². The predicted molar refractivity (Wildman–Crippen MR) is 309 cm³/mol. The Hall–Kier alpha value is -8.55. The molecule has 0 aliphatic carbocycles. The zero-order valence-corrected chi connectivity index (χ0v) is 41.9. The second kappa shape index (κ2) is 17.1. The quantitative estimate of drug-likeness (QED) is 0.134. The first-order chi connectivity index (χ1) is 35.7. The van der Waals surface area contributed by atoms with Gasteiger partial charge >= 0.3 is 0 Å². The Balaban J connectivity index is 1.13. The Morgan fingerprint density at radius 3 is 1.11 bits per heavy atom. The molecular weight excluding hydrogens is 901 g/mol.